The number of thioether (sulfide) groups is 1. The first-order chi connectivity index (χ1) is 10.2. The summed E-state index contributed by atoms with van der Waals surface area (Å²) < 4.78 is 1.75. The number of nitrogens with zero attached hydrogens (tertiary/aromatic N) is 3. The van der Waals surface area contributed by atoms with E-state index in [1.165, 1.54) is 38.5 Å². The number of rotatable bonds is 5. The fourth-order valence-electron chi connectivity index (χ4n) is 5.35. The van der Waals surface area contributed by atoms with Crippen LogP contribution in [0.2, 0.25) is 0 Å². The summed E-state index contributed by atoms with van der Waals surface area (Å²) in [5.41, 5.74) is 0.201. The van der Waals surface area contributed by atoms with Crippen LogP contribution in [0.1, 0.15) is 50.8 Å². The minimum atomic E-state index is 0.201. The maximum Gasteiger partial charge on any atom is 0.209 e. The van der Waals surface area contributed by atoms with Crippen molar-refractivity contribution in [3.63, 3.8) is 0 Å². The molecule has 4 fully saturated rings. The van der Waals surface area contributed by atoms with Gasteiger partial charge < -0.3 is 10.9 Å². The van der Waals surface area contributed by atoms with Gasteiger partial charge in [0.15, 0.2) is 5.82 Å². The molecule has 3 N–H and O–H groups in total. The molecule has 5 nitrogen and oxygen atoms in total. The molecule has 1 aromatic heterocycles. The quantitative estimate of drug-likeness (QED) is 0.494. The van der Waals surface area contributed by atoms with E-state index in [9.17, 15) is 0 Å². The molecule has 1 heterocycles. The molecule has 4 saturated carbocycles. The van der Waals surface area contributed by atoms with Crippen LogP contribution in [0.15, 0.2) is 5.16 Å². The van der Waals surface area contributed by atoms with Crippen LogP contribution in [0.3, 0.4) is 0 Å². The molecule has 0 radical (unpaired) electrons. The first-order valence-electron chi connectivity index (χ1n) is 8.15. The number of aliphatic hydroxyl groups is 1. The van der Waals surface area contributed by atoms with Crippen molar-refractivity contribution in [3.8, 4) is 0 Å². The third-order valence-electron chi connectivity index (χ3n) is 5.71. The zero-order valence-corrected chi connectivity index (χ0v) is 13.2. The normalized spacial score (nSPS) is 37.3. The molecule has 0 atom stereocenters. The summed E-state index contributed by atoms with van der Waals surface area (Å²) in [5, 5.41) is 18.5. The fraction of sp³-hybridized carbons (Fsp3) is 0.867. The maximum atomic E-state index is 8.89. The van der Waals surface area contributed by atoms with Gasteiger partial charge in [0, 0.05) is 17.8 Å². The van der Waals surface area contributed by atoms with E-state index in [1.54, 1.807) is 16.4 Å². The van der Waals surface area contributed by atoms with Gasteiger partial charge in [-0.1, -0.05) is 11.8 Å². The van der Waals surface area contributed by atoms with Crippen molar-refractivity contribution in [3.05, 3.63) is 5.82 Å². The van der Waals surface area contributed by atoms with Gasteiger partial charge in [-0.25, -0.2) is 4.68 Å². The highest BCUT2D eigenvalue weighted by molar-refractivity contribution is 7.99. The van der Waals surface area contributed by atoms with Gasteiger partial charge in [-0.15, -0.1) is 10.2 Å². The second-order valence-electron chi connectivity index (χ2n) is 7.30. The highest BCUT2D eigenvalue weighted by atomic mass is 32.2. The third-order valence-corrected chi connectivity index (χ3v) is 6.74. The minimum Gasteiger partial charge on any atom is -0.396 e. The summed E-state index contributed by atoms with van der Waals surface area (Å²) in [5.74, 6) is 10.8. The topological polar surface area (TPSA) is 77.0 Å². The van der Waals surface area contributed by atoms with Gasteiger partial charge in [0.2, 0.25) is 5.16 Å². The van der Waals surface area contributed by atoms with Crippen LogP contribution >= 0.6 is 11.8 Å². The van der Waals surface area contributed by atoms with Gasteiger partial charge in [-0.2, -0.15) is 0 Å². The van der Waals surface area contributed by atoms with E-state index in [-0.39, 0.29) is 12.0 Å². The molecule has 4 aliphatic rings. The molecular weight excluding hydrogens is 284 g/mol. The molecule has 0 saturated heterocycles. The Morgan fingerprint density at radius 2 is 1.76 bits per heavy atom. The minimum absolute atomic E-state index is 0.201. The molecule has 0 amide bonds. The third kappa shape index (κ3) is 2.27. The Hall–Kier alpha value is -0.750. The summed E-state index contributed by atoms with van der Waals surface area (Å²) in [6.45, 7) is 0.216. The number of nitrogens with two attached hydrogens (primary N) is 1. The smallest absolute Gasteiger partial charge is 0.209 e. The molecule has 4 bridgehead atoms. The monoisotopic (exact) mass is 308 g/mol. The molecule has 0 aliphatic heterocycles. The molecule has 0 spiro atoms. The molecule has 1 aromatic rings. The van der Waals surface area contributed by atoms with Gasteiger partial charge in [0.25, 0.3) is 0 Å². The Morgan fingerprint density at radius 3 is 2.33 bits per heavy atom. The lowest BCUT2D eigenvalue weighted by atomic mass is 9.49. The van der Waals surface area contributed by atoms with E-state index in [0.717, 1.165) is 40.9 Å². The molecular formula is C15H24N4OS. The summed E-state index contributed by atoms with van der Waals surface area (Å²) in [6.07, 6.45) is 8.83. The average molecular weight is 308 g/mol. The zero-order valence-electron chi connectivity index (χ0n) is 12.4. The predicted octanol–water partition coefficient (Wildman–Crippen LogP) is 1.93. The van der Waals surface area contributed by atoms with Crippen LogP contribution < -0.4 is 5.84 Å². The van der Waals surface area contributed by atoms with Crippen molar-refractivity contribution < 1.29 is 5.11 Å². The molecule has 116 valence electrons. The highest BCUT2D eigenvalue weighted by Gasteiger charge is 2.54. The van der Waals surface area contributed by atoms with Crippen molar-refractivity contribution in [2.45, 2.75) is 55.5 Å². The van der Waals surface area contributed by atoms with Crippen LogP contribution in [0.25, 0.3) is 0 Å². The van der Waals surface area contributed by atoms with E-state index in [0.29, 0.717) is 0 Å². The Kier molecular flexibility index (Phi) is 3.41. The summed E-state index contributed by atoms with van der Waals surface area (Å²) in [4.78, 5) is 0. The fourth-order valence-corrected chi connectivity index (χ4v) is 6.13. The number of nitrogen functional groups attached to an aromatic ring is 1. The number of hydrogen-bond acceptors (Lipinski definition) is 5. The Morgan fingerprint density at radius 1 is 1.14 bits per heavy atom. The van der Waals surface area contributed by atoms with E-state index in [2.05, 4.69) is 10.2 Å². The van der Waals surface area contributed by atoms with E-state index >= 15 is 0 Å². The number of aromatic nitrogens is 3. The van der Waals surface area contributed by atoms with Gasteiger partial charge >= 0.3 is 0 Å². The average Bonchev–Trinajstić information content (AvgIpc) is 2.80. The van der Waals surface area contributed by atoms with Crippen molar-refractivity contribution in [1.82, 2.24) is 14.9 Å². The van der Waals surface area contributed by atoms with Crippen molar-refractivity contribution >= 4 is 11.8 Å². The lowest BCUT2D eigenvalue weighted by molar-refractivity contribution is -0.0106. The highest BCUT2D eigenvalue weighted by Crippen LogP contribution is 2.60. The Bertz CT molecular complexity index is 494. The summed E-state index contributed by atoms with van der Waals surface area (Å²) in [7, 11) is 0. The molecule has 0 unspecified atom stereocenters. The van der Waals surface area contributed by atoms with E-state index in [4.69, 9.17) is 10.9 Å². The van der Waals surface area contributed by atoms with Crippen molar-refractivity contribution in [2.75, 3.05) is 18.2 Å². The van der Waals surface area contributed by atoms with Crippen LogP contribution in [0.4, 0.5) is 0 Å². The predicted molar refractivity (Wildman–Crippen MR) is 82.4 cm³/mol. The molecule has 6 heteroatoms. The SMILES string of the molecule is Nn1c(SCCCO)nnc1C12CC3CC(CC(C3)C1)C2. The van der Waals surface area contributed by atoms with Gasteiger partial charge in [0.05, 0.1) is 0 Å². The summed E-state index contributed by atoms with van der Waals surface area (Å²) >= 11 is 1.60. The first kappa shape index (κ1) is 13.9. The van der Waals surface area contributed by atoms with Crippen LogP contribution in [-0.2, 0) is 5.41 Å². The second kappa shape index (κ2) is 5.16. The number of hydrogen-bond donors (Lipinski definition) is 2. The van der Waals surface area contributed by atoms with Gasteiger partial charge in [-0.3, -0.25) is 0 Å². The zero-order chi connectivity index (χ0) is 14.4. The molecule has 5 rings (SSSR count). The van der Waals surface area contributed by atoms with Gasteiger partial charge in [0.1, 0.15) is 0 Å². The largest absolute Gasteiger partial charge is 0.396 e. The molecule has 4 aliphatic carbocycles. The van der Waals surface area contributed by atoms with Crippen LogP contribution in [-0.4, -0.2) is 32.3 Å². The standard InChI is InChI=1S/C15H24N4OS/c16-19-13(17-18-14(19)21-3-1-2-20)15-7-10-4-11(8-15)6-12(5-10)9-15/h10-12,20H,1-9,16H2. The van der Waals surface area contributed by atoms with Crippen molar-refractivity contribution in [1.29, 1.82) is 0 Å². The Balaban J connectivity index is 1.59. The molecule has 21 heavy (non-hydrogen) atoms. The first-order valence-corrected chi connectivity index (χ1v) is 9.13. The van der Waals surface area contributed by atoms with Gasteiger partial charge in [-0.05, 0) is 62.7 Å². The molecule has 0 aromatic carbocycles. The Labute approximate surface area is 129 Å². The van der Waals surface area contributed by atoms with E-state index in [1.807, 2.05) is 0 Å². The lowest BCUT2D eigenvalue weighted by Crippen LogP contribution is -2.50. The lowest BCUT2D eigenvalue weighted by Gasteiger charge is -2.55. The van der Waals surface area contributed by atoms with Crippen molar-refractivity contribution in [2.24, 2.45) is 17.8 Å². The number of aliphatic hydroxyl groups excluding tert-OH is 1. The second-order valence-corrected chi connectivity index (χ2v) is 8.36. The van der Waals surface area contributed by atoms with Crippen LogP contribution in [0.5, 0.6) is 0 Å². The van der Waals surface area contributed by atoms with E-state index < -0.39 is 0 Å². The van der Waals surface area contributed by atoms with Crippen LogP contribution in [0, 0.1) is 17.8 Å². The maximum absolute atomic E-state index is 8.89. The summed E-state index contributed by atoms with van der Waals surface area (Å²) in [6, 6.07) is 0.